The Morgan fingerprint density at radius 1 is 1.06 bits per heavy atom. The van der Waals surface area contributed by atoms with Crippen LogP contribution < -0.4 is 0 Å². The normalized spacial score (nSPS) is 14.7. The number of nitrogens with zero attached hydrogens (tertiary/aromatic N) is 4. The highest BCUT2D eigenvalue weighted by molar-refractivity contribution is 6.30. The predicted octanol–water partition coefficient (Wildman–Crippen LogP) is 4.37. The number of piperazine rings is 1. The molecule has 2 aromatic carbocycles. The molecule has 6 nitrogen and oxygen atoms in total. The lowest BCUT2D eigenvalue weighted by Gasteiger charge is -2.35. The average molecular weight is 439 g/mol. The fourth-order valence-electron chi connectivity index (χ4n) is 3.81. The molecule has 1 saturated heterocycles. The van der Waals surface area contributed by atoms with Crippen molar-refractivity contribution in [2.75, 3.05) is 26.2 Å². The first-order valence-corrected chi connectivity index (χ1v) is 11.1. The molecule has 0 saturated carbocycles. The van der Waals surface area contributed by atoms with E-state index in [-0.39, 0.29) is 5.91 Å². The predicted molar refractivity (Wildman–Crippen MR) is 121 cm³/mol. The van der Waals surface area contributed by atoms with E-state index < -0.39 is 0 Å². The monoisotopic (exact) mass is 438 g/mol. The van der Waals surface area contributed by atoms with Crippen LogP contribution in [-0.4, -0.2) is 52.0 Å². The fraction of sp³-hybridized carbons (Fsp3) is 0.375. The SMILES string of the molecule is Cc1ccccc1CN1CCN(C(=O)CCCc2nc(-c3ccc(Cl)cc3)no2)CC1. The Balaban J connectivity index is 1.20. The number of hydrogen-bond donors (Lipinski definition) is 0. The van der Waals surface area contributed by atoms with Crippen LogP contribution >= 0.6 is 11.6 Å². The largest absolute Gasteiger partial charge is 0.340 e. The standard InChI is InChI=1S/C24H27ClN4O2/c1-18-5-2-3-6-20(18)17-28-13-15-29(16-14-28)23(30)8-4-7-22-26-24(27-31-22)19-9-11-21(25)12-10-19/h2-3,5-6,9-12H,4,7-8,13-17H2,1H3. The second-order valence-electron chi connectivity index (χ2n) is 7.96. The molecular formula is C24H27ClN4O2. The van der Waals surface area contributed by atoms with Gasteiger partial charge in [-0.3, -0.25) is 9.69 Å². The van der Waals surface area contributed by atoms with Gasteiger partial charge < -0.3 is 9.42 Å². The number of benzene rings is 2. The van der Waals surface area contributed by atoms with Crippen LogP contribution in [0.2, 0.25) is 5.02 Å². The highest BCUT2D eigenvalue weighted by Gasteiger charge is 2.21. The van der Waals surface area contributed by atoms with Gasteiger partial charge in [0, 0.05) is 56.2 Å². The van der Waals surface area contributed by atoms with Crippen LogP contribution in [0.25, 0.3) is 11.4 Å². The van der Waals surface area contributed by atoms with Crippen LogP contribution in [0.1, 0.15) is 29.9 Å². The summed E-state index contributed by atoms with van der Waals surface area (Å²) in [6, 6.07) is 15.8. The summed E-state index contributed by atoms with van der Waals surface area (Å²) in [6.45, 7) is 6.49. The molecule has 1 aromatic heterocycles. The summed E-state index contributed by atoms with van der Waals surface area (Å²) < 4.78 is 5.33. The summed E-state index contributed by atoms with van der Waals surface area (Å²) in [5, 5.41) is 4.69. The molecule has 0 aliphatic carbocycles. The van der Waals surface area contributed by atoms with E-state index in [9.17, 15) is 4.79 Å². The molecule has 1 aliphatic rings. The molecule has 0 spiro atoms. The second-order valence-corrected chi connectivity index (χ2v) is 8.39. The number of halogens is 1. The summed E-state index contributed by atoms with van der Waals surface area (Å²) >= 11 is 5.91. The van der Waals surface area contributed by atoms with Gasteiger partial charge in [0.25, 0.3) is 0 Å². The minimum Gasteiger partial charge on any atom is -0.340 e. The van der Waals surface area contributed by atoms with E-state index in [4.69, 9.17) is 16.1 Å². The Kier molecular flexibility index (Phi) is 6.99. The third kappa shape index (κ3) is 5.71. The summed E-state index contributed by atoms with van der Waals surface area (Å²) in [6.07, 6.45) is 1.79. The van der Waals surface area contributed by atoms with Gasteiger partial charge in [0.15, 0.2) is 0 Å². The molecule has 2 heterocycles. The minimum atomic E-state index is 0.202. The molecule has 0 bridgehead atoms. The summed E-state index contributed by atoms with van der Waals surface area (Å²) in [4.78, 5) is 21.4. The van der Waals surface area contributed by atoms with Crippen LogP contribution in [-0.2, 0) is 17.8 Å². The molecule has 0 N–H and O–H groups in total. The quantitative estimate of drug-likeness (QED) is 0.548. The van der Waals surface area contributed by atoms with Gasteiger partial charge in [-0.1, -0.05) is 41.0 Å². The van der Waals surface area contributed by atoms with Crippen LogP contribution in [0.3, 0.4) is 0 Å². The Morgan fingerprint density at radius 2 is 1.81 bits per heavy atom. The second kappa shape index (κ2) is 10.1. The average Bonchev–Trinajstić information content (AvgIpc) is 3.25. The molecule has 0 radical (unpaired) electrons. The first kappa shape index (κ1) is 21.5. The van der Waals surface area contributed by atoms with E-state index >= 15 is 0 Å². The molecule has 4 rings (SSSR count). The summed E-state index contributed by atoms with van der Waals surface area (Å²) in [5.74, 6) is 1.30. The number of aryl methyl sites for hydroxylation is 2. The Hall–Kier alpha value is -2.70. The van der Waals surface area contributed by atoms with Gasteiger partial charge in [0.05, 0.1) is 0 Å². The van der Waals surface area contributed by atoms with Gasteiger partial charge in [0.2, 0.25) is 17.6 Å². The molecule has 0 unspecified atom stereocenters. The lowest BCUT2D eigenvalue weighted by atomic mass is 10.1. The van der Waals surface area contributed by atoms with E-state index in [1.807, 2.05) is 17.0 Å². The highest BCUT2D eigenvalue weighted by atomic mass is 35.5. The molecule has 0 atom stereocenters. The molecule has 162 valence electrons. The smallest absolute Gasteiger partial charge is 0.226 e. The van der Waals surface area contributed by atoms with E-state index in [2.05, 4.69) is 46.2 Å². The first-order valence-electron chi connectivity index (χ1n) is 10.7. The van der Waals surface area contributed by atoms with Gasteiger partial charge >= 0.3 is 0 Å². The molecule has 31 heavy (non-hydrogen) atoms. The van der Waals surface area contributed by atoms with Gasteiger partial charge in [-0.25, -0.2) is 0 Å². The van der Waals surface area contributed by atoms with Crippen molar-refractivity contribution in [1.82, 2.24) is 19.9 Å². The Bertz CT molecular complexity index is 1010. The Labute approximate surface area is 187 Å². The molecule has 1 aliphatic heterocycles. The van der Waals surface area contributed by atoms with Crippen molar-refractivity contribution in [1.29, 1.82) is 0 Å². The number of amides is 1. The lowest BCUT2D eigenvalue weighted by Crippen LogP contribution is -2.48. The van der Waals surface area contributed by atoms with E-state index in [1.54, 1.807) is 12.1 Å². The summed E-state index contributed by atoms with van der Waals surface area (Å²) in [7, 11) is 0. The number of hydrogen-bond acceptors (Lipinski definition) is 5. The zero-order valence-electron chi connectivity index (χ0n) is 17.8. The number of carbonyl (C=O) groups is 1. The van der Waals surface area contributed by atoms with Crippen LogP contribution in [0.15, 0.2) is 53.1 Å². The molecular weight excluding hydrogens is 412 g/mol. The van der Waals surface area contributed by atoms with Crippen molar-refractivity contribution in [3.8, 4) is 11.4 Å². The molecule has 1 fully saturated rings. The van der Waals surface area contributed by atoms with Gasteiger partial charge in [-0.15, -0.1) is 0 Å². The number of rotatable bonds is 7. The third-order valence-corrected chi connectivity index (χ3v) is 5.98. The molecule has 3 aromatic rings. The van der Waals surface area contributed by atoms with Crippen molar-refractivity contribution in [3.05, 3.63) is 70.6 Å². The zero-order valence-corrected chi connectivity index (χ0v) is 18.5. The maximum absolute atomic E-state index is 12.6. The van der Waals surface area contributed by atoms with E-state index in [0.29, 0.717) is 36.0 Å². The van der Waals surface area contributed by atoms with Crippen molar-refractivity contribution < 1.29 is 9.32 Å². The third-order valence-electron chi connectivity index (χ3n) is 5.73. The van der Waals surface area contributed by atoms with Crippen molar-refractivity contribution in [2.24, 2.45) is 0 Å². The zero-order chi connectivity index (χ0) is 21.6. The maximum atomic E-state index is 12.6. The van der Waals surface area contributed by atoms with Gasteiger partial charge in [-0.05, 0) is 48.7 Å². The topological polar surface area (TPSA) is 62.5 Å². The summed E-state index contributed by atoms with van der Waals surface area (Å²) in [5.41, 5.74) is 3.54. The van der Waals surface area contributed by atoms with Crippen LogP contribution in [0.4, 0.5) is 0 Å². The van der Waals surface area contributed by atoms with Crippen LogP contribution in [0, 0.1) is 6.92 Å². The minimum absolute atomic E-state index is 0.202. The van der Waals surface area contributed by atoms with Gasteiger partial charge in [0.1, 0.15) is 0 Å². The molecule has 7 heteroatoms. The highest BCUT2D eigenvalue weighted by Crippen LogP contribution is 2.19. The van der Waals surface area contributed by atoms with Crippen LogP contribution in [0.5, 0.6) is 0 Å². The van der Waals surface area contributed by atoms with E-state index in [1.165, 1.54) is 11.1 Å². The lowest BCUT2D eigenvalue weighted by molar-refractivity contribution is -0.133. The van der Waals surface area contributed by atoms with Crippen molar-refractivity contribution in [2.45, 2.75) is 32.7 Å². The first-order chi connectivity index (χ1) is 15.1. The fourth-order valence-corrected chi connectivity index (χ4v) is 3.93. The number of carbonyl (C=O) groups excluding carboxylic acids is 1. The Morgan fingerprint density at radius 3 is 2.55 bits per heavy atom. The maximum Gasteiger partial charge on any atom is 0.226 e. The van der Waals surface area contributed by atoms with Crippen molar-refractivity contribution in [3.63, 3.8) is 0 Å². The molecule has 1 amide bonds. The van der Waals surface area contributed by atoms with E-state index in [0.717, 1.165) is 38.3 Å². The van der Waals surface area contributed by atoms with Crippen molar-refractivity contribution >= 4 is 17.5 Å². The number of aromatic nitrogens is 2. The van der Waals surface area contributed by atoms with Gasteiger partial charge in [-0.2, -0.15) is 4.98 Å².